The molecule has 8 nitrogen and oxygen atoms in total. The molecule has 29 heavy (non-hydrogen) atoms. The van der Waals surface area contributed by atoms with Crippen molar-refractivity contribution in [3.05, 3.63) is 74.5 Å². The summed E-state index contributed by atoms with van der Waals surface area (Å²) in [6, 6.07) is 10.8. The molecule has 3 N–H and O–H groups in total. The number of benzene rings is 2. The number of nitrogens with two attached hydrogens (primary N) is 1. The van der Waals surface area contributed by atoms with E-state index in [0.29, 0.717) is 26.8 Å². The Kier molecular flexibility index (Phi) is 5.04. The molecule has 10 heteroatoms. The molecule has 4 rings (SSSR count). The summed E-state index contributed by atoms with van der Waals surface area (Å²) in [6.07, 6.45) is 1.39. The molecule has 2 aromatic carbocycles. The van der Waals surface area contributed by atoms with Gasteiger partial charge in [0.05, 0.1) is 28.8 Å². The number of aryl methyl sites for hydroxylation is 1. The van der Waals surface area contributed by atoms with Crippen LogP contribution in [0.3, 0.4) is 0 Å². The van der Waals surface area contributed by atoms with E-state index in [1.165, 1.54) is 23.0 Å². The average molecular weight is 428 g/mol. The van der Waals surface area contributed by atoms with Crippen LogP contribution in [0.4, 0.5) is 17.6 Å². The van der Waals surface area contributed by atoms with E-state index in [0.717, 1.165) is 11.3 Å². The monoisotopic (exact) mass is 427 g/mol. The SMILES string of the molecule is Cc1ccc(Nc2nc(N)nc(Cn3cnc4c(Cl)cc(Cl)cc4c3=O)n2)cc1. The van der Waals surface area contributed by atoms with Crippen molar-refractivity contribution in [2.75, 3.05) is 11.1 Å². The Balaban J connectivity index is 1.67. The summed E-state index contributed by atoms with van der Waals surface area (Å²) < 4.78 is 1.36. The van der Waals surface area contributed by atoms with Crippen LogP contribution < -0.4 is 16.6 Å². The summed E-state index contributed by atoms with van der Waals surface area (Å²) in [4.78, 5) is 29.6. The van der Waals surface area contributed by atoms with E-state index in [-0.39, 0.29) is 24.0 Å². The Hall–Kier alpha value is -3.23. The highest BCUT2D eigenvalue weighted by Crippen LogP contribution is 2.24. The van der Waals surface area contributed by atoms with Crippen LogP contribution in [0.5, 0.6) is 0 Å². The third-order valence-corrected chi connectivity index (χ3v) is 4.67. The van der Waals surface area contributed by atoms with Gasteiger partial charge in [-0.05, 0) is 31.2 Å². The largest absolute Gasteiger partial charge is 0.368 e. The molecular weight excluding hydrogens is 413 g/mol. The standard InChI is InChI=1S/C19H15Cl2N7O/c1-10-2-4-12(5-3-10)24-19-26-15(25-18(22)27-19)8-28-9-23-16-13(17(28)29)6-11(20)7-14(16)21/h2-7,9H,8H2,1H3,(H3,22,24,25,26,27). The highest BCUT2D eigenvalue weighted by atomic mass is 35.5. The van der Waals surface area contributed by atoms with Gasteiger partial charge in [0.15, 0.2) is 5.82 Å². The van der Waals surface area contributed by atoms with Crippen LogP contribution in [-0.2, 0) is 6.54 Å². The fourth-order valence-electron chi connectivity index (χ4n) is 2.79. The zero-order chi connectivity index (χ0) is 20.5. The van der Waals surface area contributed by atoms with E-state index in [4.69, 9.17) is 28.9 Å². The van der Waals surface area contributed by atoms with Gasteiger partial charge < -0.3 is 11.1 Å². The Labute approximate surface area is 175 Å². The van der Waals surface area contributed by atoms with Gasteiger partial charge in [-0.2, -0.15) is 15.0 Å². The summed E-state index contributed by atoms with van der Waals surface area (Å²) in [6.45, 7) is 2.06. The lowest BCUT2D eigenvalue weighted by Gasteiger charge is -2.10. The van der Waals surface area contributed by atoms with Crippen LogP contribution >= 0.6 is 23.2 Å². The lowest BCUT2D eigenvalue weighted by atomic mass is 10.2. The molecule has 0 unspecified atom stereocenters. The molecule has 0 spiro atoms. The van der Waals surface area contributed by atoms with Crippen molar-refractivity contribution in [3.8, 4) is 0 Å². The first-order chi connectivity index (χ1) is 13.9. The highest BCUT2D eigenvalue weighted by Gasteiger charge is 2.12. The van der Waals surface area contributed by atoms with E-state index in [2.05, 4.69) is 25.3 Å². The van der Waals surface area contributed by atoms with Crippen LogP contribution in [0.25, 0.3) is 10.9 Å². The summed E-state index contributed by atoms with van der Waals surface area (Å²) in [5.74, 6) is 0.630. The quantitative estimate of drug-likeness (QED) is 0.511. The lowest BCUT2D eigenvalue weighted by Crippen LogP contribution is -2.23. The van der Waals surface area contributed by atoms with Crippen molar-refractivity contribution in [2.24, 2.45) is 0 Å². The number of fused-ring (bicyclic) bond motifs is 1. The highest BCUT2D eigenvalue weighted by molar-refractivity contribution is 6.38. The van der Waals surface area contributed by atoms with Gasteiger partial charge in [-0.3, -0.25) is 9.36 Å². The third-order valence-electron chi connectivity index (χ3n) is 4.16. The topological polar surface area (TPSA) is 112 Å². The minimum atomic E-state index is -0.313. The predicted molar refractivity (Wildman–Crippen MR) is 114 cm³/mol. The summed E-state index contributed by atoms with van der Waals surface area (Å²) in [7, 11) is 0. The molecule has 0 radical (unpaired) electrons. The number of nitrogen functional groups attached to an aromatic ring is 1. The minimum absolute atomic E-state index is 0.0393. The third kappa shape index (κ3) is 4.13. The molecule has 0 atom stereocenters. The Morgan fingerprint density at radius 3 is 2.62 bits per heavy atom. The number of hydrogen-bond acceptors (Lipinski definition) is 7. The maximum absolute atomic E-state index is 12.8. The number of nitrogens with zero attached hydrogens (tertiary/aromatic N) is 5. The Morgan fingerprint density at radius 2 is 1.86 bits per heavy atom. The number of rotatable bonds is 4. The van der Waals surface area contributed by atoms with Gasteiger partial charge in [0, 0.05) is 10.7 Å². The van der Waals surface area contributed by atoms with Gasteiger partial charge in [-0.15, -0.1) is 0 Å². The van der Waals surface area contributed by atoms with Gasteiger partial charge in [0.2, 0.25) is 11.9 Å². The molecule has 4 aromatic rings. The predicted octanol–water partition coefficient (Wildman–Crippen LogP) is 3.57. The van der Waals surface area contributed by atoms with Crippen LogP contribution in [0.1, 0.15) is 11.4 Å². The van der Waals surface area contributed by atoms with E-state index in [9.17, 15) is 4.79 Å². The van der Waals surface area contributed by atoms with Gasteiger partial charge in [0.25, 0.3) is 5.56 Å². The second-order valence-electron chi connectivity index (χ2n) is 6.39. The molecule has 0 aliphatic heterocycles. The van der Waals surface area contributed by atoms with Gasteiger partial charge in [0.1, 0.15) is 0 Å². The van der Waals surface area contributed by atoms with E-state index < -0.39 is 0 Å². The molecule has 0 saturated heterocycles. The smallest absolute Gasteiger partial charge is 0.261 e. The first-order valence-corrected chi connectivity index (χ1v) is 9.33. The molecule has 0 amide bonds. The number of nitrogens with one attached hydrogen (secondary N) is 1. The van der Waals surface area contributed by atoms with Crippen LogP contribution in [0.15, 0.2) is 47.5 Å². The molecule has 0 bridgehead atoms. The Bertz CT molecular complexity index is 1270. The van der Waals surface area contributed by atoms with Crippen molar-refractivity contribution in [3.63, 3.8) is 0 Å². The second-order valence-corrected chi connectivity index (χ2v) is 7.23. The maximum atomic E-state index is 12.8. The number of anilines is 3. The molecule has 0 aliphatic rings. The first kappa shape index (κ1) is 19.1. The van der Waals surface area contributed by atoms with E-state index in [1.54, 1.807) is 0 Å². The molecule has 146 valence electrons. The molecule has 0 aliphatic carbocycles. The van der Waals surface area contributed by atoms with Gasteiger partial charge in [-0.25, -0.2) is 4.98 Å². The van der Waals surface area contributed by atoms with Gasteiger partial charge >= 0.3 is 0 Å². The maximum Gasteiger partial charge on any atom is 0.261 e. The number of aromatic nitrogens is 5. The second kappa shape index (κ2) is 7.65. The number of hydrogen-bond donors (Lipinski definition) is 2. The van der Waals surface area contributed by atoms with E-state index in [1.807, 2.05) is 31.2 Å². The summed E-state index contributed by atoms with van der Waals surface area (Å²) >= 11 is 12.1. The summed E-state index contributed by atoms with van der Waals surface area (Å²) in [5, 5.41) is 4.05. The fourth-order valence-corrected chi connectivity index (χ4v) is 3.33. The average Bonchev–Trinajstić information content (AvgIpc) is 2.66. The zero-order valence-electron chi connectivity index (χ0n) is 15.2. The molecule has 0 saturated carbocycles. The van der Waals surface area contributed by atoms with Crippen molar-refractivity contribution < 1.29 is 0 Å². The van der Waals surface area contributed by atoms with Crippen molar-refractivity contribution in [2.45, 2.75) is 13.5 Å². The molecular formula is C19H15Cl2N7O. The molecule has 2 aromatic heterocycles. The van der Waals surface area contributed by atoms with Gasteiger partial charge in [-0.1, -0.05) is 40.9 Å². The van der Waals surface area contributed by atoms with Crippen molar-refractivity contribution in [1.82, 2.24) is 24.5 Å². The minimum Gasteiger partial charge on any atom is -0.368 e. The molecule has 0 fully saturated rings. The van der Waals surface area contributed by atoms with Crippen molar-refractivity contribution >= 4 is 51.7 Å². The Morgan fingerprint density at radius 1 is 1.10 bits per heavy atom. The first-order valence-electron chi connectivity index (χ1n) is 8.57. The van der Waals surface area contributed by atoms with Crippen LogP contribution in [0, 0.1) is 6.92 Å². The van der Waals surface area contributed by atoms with Crippen LogP contribution in [-0.4, -0.2) is 24.5 Å². The normalized spacial score (nSPS) is 11.0. The molecule has 2 heterocycles. The van der Waals surface area contributed by atoms with E-state index >= 15 is 0 Å². The fraction of sp³-hybridized carbons (Fsp3) is 0.105. The zero-order valence-corrected chi connectivity index (χ0v) is 16.7. The van der Waals surface area contributed by atoms with Crippen LogP contribution in [0.2, 0.25) is 10.0 Å². The van der Waals surface area contributed by atoms with Crippen molar-refractivity contribution in [1.29, 1.82) is 0 Å². The lowest BCUT2D eigenvalue weighted by molar-refractivity contribution is 0.704. The summed E-state index contributed by atoms with van der Waals surface area (Å²) in [5.41, 5.74) is 7.83. The number of halogens is 2.